The monoisotopic (exact) mass is 452 g/mol. The van der Waals surface area contributed by atoms with Crippen LogP contribution in [0.4, 0.5) is 19.0 Å². The summed E-state index contributed by atoms with van der Waals surface area (Å²) in [5.74, 6) is -0.150. The van der Waals surface area contributed by atoms with Gasteiger partial charge in [-0.2, -0.15) is 13.2 Å². The Morgan fingerprint density at radius 2 is 2.09 bits per heavy atom. The van der Waals surface area contributed by atoms with Crippen molar-refractivity contribution in [2.45, 2.75) is 45.3 Å². The number of esters is 1. The molecular formula is C22H27F3N4O3. The number of aromatic nitrogens is 2. The fourth-order valence-corrected chi connectivity index (χ4v) is 3.80. The van der Waals surface area contributed by atoms with E-state index in [0.29, 0.717) is 42.7 Å². The molecule has 0 saturated carbocycles. The van der Waals surface area contributed by atoms with Crippen molar-refractivity contribution in [2.75, 3.05) is 31.6 Å². The number of nitrogens with one attached hydrogen (secondary N) is 1. The standard InChI is InChI=1S/C22H27F3N4O3/c1-3-32-20(31)8-10-29-9-4-5-16(13-29)26-19-11-14(2)21(28-27-19)17-7-6-15(12-18(17)30)22(23,24)25/h6-7,11-12,16,30H,3-5,8-10,13H2,1-2H3,(H,26,27)/t16-/m1/s1. The number of ether oxygens (including phenoxy) is 1. The van der Waals surface area contributed by atoms with Crippen LogP contribution in [0, 0.1) is 6.92 Å². The molecule has 0 spiro atoms. The van der Waals surface area contributed by atoms with Crippen molar-refractivity contribution in [2.24, 2.45) is 0 Å². The van der Waals surface area contributed by atoms with Gasteiger partial charge in [-0.05, 0) is 63.1 Å². The molecule has 32 heavy (non-hydrogen) atoms. The Balaban J connectivity index is 1.65. The van der Waals surface area contributed by atoms with E-state index in [9.17, 15) is 23.1 Å². The molecule has 2 heterocycles. The van der Waals surface area contributed by atoms with Gasteiger partial charge < -0.3 is 20.1 Å². The van der Waals surface area contributed by atoms with Crippen molar-refractivity contribution >= 4 is 11.8 Å². The molecule has 1 saturated heterocycles. The highest BCUT2D eigenvalue weighted by molar-refractivity contribution is 5.70. The maximum absolute atomic E-state index is 12.8. The highest BCUT2D eigenvalue weighted by Crippen LogP contribution is 2.36. The van der Waals surface area contributed by atoms with Gasteiger partial charge in [-0.1, -0.05) is 0 Å². The normalized spacial score (nSPS) is 17.2. The molecule has 1 aliphatic rings. The Morgan fingerprint density at radius 1 is 1.31 bits per heavy atom. The van der Waals surface area contributed by atoms with Gasteiger partial charge in [-0.15, -0.1) is 10.2 Å². The van der Waals surface area contributed by atoms with Crippen molar-refractivity contribution in [3.8, 4) is 17.0 Å². The number of carbonyl (C=O) groups is 1. The summed E-state index contributed by atoms with van der Waals surface area (Å²) in [7, 11) is 0. The van der Waals surface area contributed by atoms with Crippen molar-refractivity contribution in [1.29, 1.82) is 0 Å². The number of alkyl halides is 3. The van der Waals surface area contributed by atoms with Gasteiger partial charge in [0.25, 0.3) is 0 Å². The quantitative estimate of drug-likeness (QED) is 0.614. The first-order valence-electron chi connectivity index (χ1n) is 10.6. The number of aromatic hydroxyl groups is 1. The summed E-state index contributed by atoms with van der Waals surface area (Å²) in [4.78, 5) is 13.8. The molecule has 0 amide bonds. The van der Waals surface area contributed by atoms with Crippen LogP contribution in [0.15, 0.2) is 24.3 Å². The Bertz CT molecular complexity index is 953. The second-order valence-electron chi connectivity index (χ2n) is 7.83. The molecule has 10 heteroatoms. The van der Waals surface area contributed by atoms with E-state index in [-0.39, 0.29) is 17.6 Å². The van der Waals surface area contributed by atoms with E-state index in [1.54, 1.807) is 19.9 Å². The summed E-state index contributed by atoms with van der Waals surface area (Å²) in [6.45, 7) is 6.22. The molecule has 0 bridgehead atoms. The predicted octanol–water partition coefficient (Wildman–Crippen LogP) is 4.01. The zero-order chi connectivity index (χ0) is 23.3. The molecule has 0 unspecified atom stereocenters. The first kappa shape index (κ1) is 23.8. The second-order valence-corrected chi connectivity index (χ2v) is 7.83. The lowest BCUT2D eigenvalue weighted by molar-refractivity contribution is -0.143. The minimum Gasteiger partial charge on any atom is -0.507 e. The van der Waals surface area contributed by atoms with E-state index in [4.69, 9.17) is 4.74 Å². The number of benzene rings is 1. The minimum absolute atomic E-state index is 0.130. The highest BCUT2D eigenvalue weighted by atomic mass is 19.4. The van der Waals surface area contributed by atoms with Crippen LogP contribution in [0.2, 0.25) is 0 Å². The summed E-state index contributed by atoms with van der Waals surface area (Å²) < 4.78 is 43.5. The van der Waals surface area contributed by atoms with Crippen LogP contribution in [0.1, 0.15) is 37.3 Å². The van der Waals surface area contributed by atoms with E-state index in [1.807, 2.05) is 0 Å². The van der Waals surface area contributed by atoms with Crippen molar-refractivity contribution in [1.82, 2.24) is 15.1 Å². The number of anilines is 1. The van der Waals surface area contributed by atoms with Crippen LogP contribution in [0.5, 0.6) is 5.75 Å². The number of phenolic OH excluding ortho intramolecular Hbond substituents is 1. The fourth-order valence-electron chi connectivity index (χ4n) is 3.80. The van der Waals surface area contributed by atoms with E-state index < -0.39 is 17.5 Å². The molecule has 1 atom stereocenters. The van der Waals surface area contributed by atoms with Gasteiger partial charge in [0.15, 0.2) is 0 Å². The number of carbonyl (C=O) groups excluding carboxylic acids is 1. The van der Waals surface area contributed by atoms with E-state index in [2.05, 4.69) is 20.4 Å². The zero-order valence-electron chi connectivity index (χ0n) is 18.1. The van der Waals surface area contributed by atoms with Gasteiger partial charge in [-0.25, -0.2) is 0 Å². The number of likely N-dealkylation sites (tertiary alicyclic amines) is 1. The SMILES string of the molecule is CCOC(=O)CCN1CCC[C@@H](Nc2cc(C)c(-c3ccc(C(F)(F)F)cc3O)nn2)C1. The lowest BCUT2D eigenvalue weighted by Crippen LogP contribution is -2.43. The van der Waals surface area contributed by atoms with E-state index >= 15 is 0 Å². The number of aryl methyl sites for hydroxylation is 1. The molecule has 1 aromatic carbocycles. The highest BCUT2D eigenvalue weighted by Gasteiger charge is 2.31. The van der Waals surface area contributed by atoms with Gasteiger partial charge in [0.2, 0.25) is 0 Å². The molecule has 0 aliphatic carbocycles. The molecular weight excluding hydrogens is 425 g/mol. The number of piperidine rings is 1. The van der Waals surface area contributed by atoms with E-state index in [0.717, 1.165) is 32.0 Å². The minimum atomic E-state index is -4.53. The van der Waals surface area contributed by atoms with E-state index in [1.165, 1.54) is 6.07 Å². The number of nitrogens with zero attached hydrogens (tertiary/aromatic N) is 3. The molecule has 2 N–H and O–H groups in total. The molecule has 0 radical (unpaired) electrons. The van der Waals surface area contributed by atoms with Crippen LogP contribution >= 0.6 is 0 Å². The lowest BCUT2D eigenvalue weighted by Gasteiger charge is -2.33. The molecule has 3 rings (SSSR count). The molecule has 1 aromatic heterocycles. The molecule has 174 valence electrons. The van der Waals surface area contributed by atoms with Crippen molar-refractivity contribution in [3.63, 3.8) is 0 Å². The summed E-state index contributed by atoms with van der Waals surface area (Å²) >= 11 is 0. The third-order valence-corrected chi connectivity index (χ3v) is 5.36. The lowest BCUT2D eigenvalue weighted by atomic mass is 10.0. The van der Waals surface area contributed by atoms with Crippen LogP contribution in [-0.4, -0.2) is 58.5 Å². The average molecular weight is 452 g/mol. The number of halogens is 3. The smallest absolute Gasteiger partial charge is 0.416 e. The largest absolute Gasteiger partial charge is 0.507 e. The van der Waals surface area contributed by atoms with Crippen LogP contribution in [0.3, 0.4) is 0 Å². The maximum atomic E-state index is 12.8. The van der Waals surface area contributed by atoms with Crippen molar-refractivity contribution in [3.05, 3.63) is 35.4 Å². The van der Waals surface area contributed by atoms with Gasteiger partial charge in [0.05, 0.1) is 24.3 Å². The summed E-state index contributed by atoms with van der Waals surface area (Å²) in [6, 6.07) is 4.69. The van der Waals surface area contributed by atoms with Crippen LogP contribution in [-0.2, 0) is 15.7 Å². The molecule has 2 aromatic rings. The Labute approximate surface area is 184 Å². The third-order valence-electron chi connectivity index (χ3n) is 5.36. The molecule has 1 aliphatic heterocycles. The van der Waals surface area contributed by atoms with Gasteiger partial charge in [0.1, 0.15) is 11.6 Å². The van der Waals surface area contributed by atoms with Crippen LogP contribution in [0.25, 0.3) is 11.3 Å². The topological polar surface area (TPSA) is 87.6 Å². The Hall–Kier alpha value is -2.88. The number of hydrogen-bond donors (Lipinski definition) is 2. The number of rotatable bonds is 7. The number of hydrogen-bond acceptors (Lipinski definition) is 7. The van der Waals surface area contributed by atoms with Crippen molar-refractivity contribution < 1.29 is 27.8 Å². The maximum Gasteiger partial charge on any atom is 0.416 e. The fraction of sp³-hybridized carbons (Fsp3) is 0.500. The van der Waals surface area contributed by atoms with Gasteiger partial charge in [0, 0.05) is 24.7 Å². The zero-order valence-corrected chi connectivity index (χ0v) is 18.1. The Kier molecular flexibility index (Phi) is 7.55. The molecule has 7 nitrogen and oxygen atoms in total. The second kappa shape index (κ2) is 10.2. The third kappa shape index (κ3) is 6.09. The van der Waals surface area contributed by atoms with Crippen LogP contribution < -0.4 is 5.32 Å². The first-order chi connectivity index (χ1) is 15.2. The average Bonchev–Trinajstić information content (AvgIpc) is 2.73. The van der Waals surface area contributed by atoms with Gasteiger partial charge >= 0.3 is 12.1 Å². The summed E-state index contributed by atoms with van der Waals surface area (Å²) in [5, 5.41) is 21.7. The molecule has 1 fully saturated rings. The number of phenols is 1. The predicted molar refractivity (Wildman–Crippen MR) is 113 cm³/mol. The summed E-state index contributed by atoms with van der Waals surface area (Å²) in [5.41, 5.74) is 0.263. The van der Waals surface area contributed by atoms with Gasteiger partial charge in [-0.3, -0.25) is 4.79 Å². The first-order valence-corrected chi connectivity index (χ1v) is 10.6. The summed E-state index contributed by atoms with van der Waals surface area (Å²) in [6.07, 6.45) is -2.26. The Morgan fingerprint density at radius 3 is 2.75 bits per heavy atom.